The standard InChI is InChI=1S/C18H21N5O.2C2HF3O2/c1-24-16-4-2-3-15(13-16)14-21-9-11-23(12-10-21)18-17-19-5-7-22(17)8-6-20-18;2*3-2(4,5)1(6)7/h2-8,13H,9-12,14H2,1H3;2*(H,6,7). The highest BCUT2D eigenvalue weighted by molar-refractivity contribution is 5.73. The molecular formula is C22H23F6N5O5. The van der Waals surface area contributed by atoms with Crippen LogP contribution >= 0.6 is 0 Å². The molecule has 1 aliphatic heterocycles. The molecule has 0 saturated carbocycles. The van der Waals surface area contributed by atoms with Gasteiger partial charge >= 0.3 is 24.3 Å². The number of hydrogen-bond donors (Lipinski definition) is 2. The van der Waals surface area contributed by atoms with Gasteiger partial charge in [0.2, 0.25) is 0 Å². The van der Waals surface area contributed by atoms with E-state index in [-0.39, 0.29) is 0 Å². The molecule has 3 aromatic rings. The molecule has 0 aliphatic carbocycles. The van der Waals surface area contributed by atoms with Crippen molar-refractivity contribution in [3.05, 3.63) is 54.6 Å². The largest absolute Gasteiger partial charge is 0.497 e. The lowest BCUT2D eigenvalue weighted by Crippen LogP contribution is -2.46. The maximum Gasteiger partial charge on any atom is 0.490 e. The molecule has 0 unspecified atom stereocenters. The van der Waals surface area contributed by atoms with E-state index < -0.39 is 24.3 Å². The number of benzene rings is 1. The summed E-state index contributed by atoms with van der Waals surface area (Å²) in [7, 11) is 1.71. The molecular weight excluding hydrogens is 528 g/mol. The summed E-state index contributed by atoms with van der Waals surface area (Å²) in [6.45, 7) is 4.90. The maximum absolute atomic E-state index is 10.6. The summed E-state index contributed by atoms with van der Waals surface area (Å²) >= 11 is 0. The van der Waals surface area contributed by atoms with E-state index in [4.69, 9.17) is 24.5 Å². The Kier molecular flexibility index (Phi) is 10.3. The van der Waals surface area contributed by atoms with Gasteiger partial charge < -0.3 is 24.3 Å². The van der Waals surface area contributed by atoms with Crippen molar-refractivity contribution < 1.29 is 50.9 Å². The topological polar surface area (TPSA) is 121 Å². The summed E-state index contributed by atoms with van der Waals surface area (Å²) in [6.07, 6.45) is -2.61. The van der Waals surface area contributed by atoms with E-state index in [1.807, 2.05) is 41.3 Å². The third-order valence-corrected chi connectivity index (χ3v) is 4.99. The van der Waals surface area contributed by atoms with Gasteiger partial charge in [0, 0.05) is 57.5 Å². The summed E-state index contributed by atoms with van der Waals surface area (Å²) in [5, 5.41) is 14.2. The lowest BCUT2D eigenvalue weighted by molar-refractivity contribution is -0.193. The van der Waals surface area contributed by atoms with E-state index in [1.165, 1.54) is 5.56 Å². The number of methoxy groups -OCH3 is 1. The third-order valence-electron chi connectivity index (χ3n) is 4.99. The van der Waals surface area contributed by atoms with E-state index in [1.54, 1.807) is 7.11 Å². The Labute approximate surface area is 211 Å². The zero-order valence-corrected chi connectivity index (χ0v) is 19.8. The van der Waals surface area contributed by atoms with Crippen LogP contribution in [0.3, 0.4) is 0 Å². The van der Waals surface area contributed by atoms with E-state index >= 15 is 0 Å². The fourth-order valence-electron chi connectivity index (χ4n) is 3.21. The summed E-state index contributed by atoms with van der Waals surface area (Å²) in [5.74, 6) is -3.62. The second-order valence-corrected chi connectivity index (χ2v) is 7.63. The van der Waals surface area contributed by atoms with E-state index in [2.05, 4.69) is 31.9 Å². The van der Waals surface area contributed by atoms with Crippen LogP contribution in [-0.2, 0) is 16.1 Å². The quantitative estimate of drug-likeness (QED) is 0.471. The lowest BCUT2D eigenvalue weighted by Gasteiger charge is -2.35. The highest BCUT2D eigenvalue weighted by Crippen LogP contribution is 2.20. The van der Waals surface area contributed by atoms with Gasteiger partial charge in [0.05, 0.1) is 7.11 Å². The van der Waals surface area contributed by atoms with Crippen molar-refractivity contribution in [3.8, 4) is 5.75 Å². The van der Waals surface area contributed by atoms with Gasteiger partial charge in [0.1, 0.15) is 5.75 Å². The number of alkyl halides is 6. The first-order valence-electron chi connectivity index (χ1n) is 10.7. The molecule has 3 heterocycles. The van der Waals surface area contributed by atoms with Crippen LogP contribution in [0.1, 0.15) is 5.56 Å². The summed E-state index contributed by atoms with van der Waals surface area (Å²) in [6, 6.07) is 8.30. The fraction of sp³-hybridized carbons (Fsp3) is 0.364. The smallest absolute Gasteiger partial charge is 0.490 e. The van der Waals surface area contributed by atoms with Crippen LogP contribution in [0.25, 0.3) is 5.65 Å². The van der Waals surface area contributed by atoms with Gasteiger partial charge in [-0.1, -0.05) is 12.1 Å². The normalized spacial score (nSPS) is 14.1. The Balaban J connectivity index is 0.000000301. The molecule has 1 aromatic carbocycles. The molecule has 10 nitrogen and oxygen atoms in total. The third kappa shape index (κ3) is 9.10. The number of imidazole rings is 1. The first kappa shape index (κ1) is 30.1. The molecule has 1 fully saturated rings. The van der Waals surface area contributed by atoms with Crippen molar-refractivity contribution in [2.45, 2.75) is 18.9 Å². The van der Waals surface area contributed by atoms with Crippen LogP contribution in [0, 0.1) is 0 Å². The Morgan fingerprint density at radius 3 is 1.95 bits per heavy atom. The predicted octanol–water partition coefficient (Wildman–Crippen LogP) is 3.33. The van der Waals surface area contributed by atoms with Crippen LogP contribution in [0.2, 0.25) is 0 Å². The number of rotatable bonds is 4. The Morgan fingerprint density at radius 1 is 0.921 bits per heavy atom. The maximum atomic E-state index is 10.6. The van der Waals surface area contributed by atoms with Crippen LogP contribution < -0.4 is 9.64 Å². The van der Waals surface area contributed by atoms with E-state index in [9.17, 15) is 26.3 Å². The number of nitrogens with zero attached hydrogens (tertiary/aromatic N) is 5. The van der Waals surface area contributed by atoms with Gasteiger partial charge in [-0.15, -0.1) is 0 Å². The minimum absolute atomic E-state index is 0.918. The molecule has 2 aromatic heterocycles. The molecule has 2 N–H and O–H groups in total. The number of ether oxygens (including phenoxy) is 1. The van der Waals surface area contributed by atoms with Gasteiger partial charge in [-0.25, -0.2) is 19.6 Å². The van der Waals surface area contributed by atoms with Gasteiger partial charge in [-0.3, -0.25) is 4.90 Å². The number of anilines is 1. The number of halogens is 6. The molecule has 0 amide bonds. The van der Waals surface area contributed by atoms with Gasteiger partial charge in [0.25, 0.3) is 0 Å². The Bertz CT molecular complexity index is 1190. The molecule has 208 valence electrons. The number of hydrogen-bond acceptors (Lipinski definition) is 7. The van der Waals surface area contributed by atoms with Crippen molar-refractivity contribution in [1.29, 1.82) is 0 Å². The first-order chi connectivity index (χ1) is 17.7. The molecule has 0 atom stereocenters. The monoisotopic (exact) mass is 551 g/mol. The van der Waals surface area contributed by atoms with Crippen molar-refractivity contribution in [1.82, 2.24) is 19.3 Å². The first-order valence-corrected chi connectivity index (χ1v) is 10.7. The summed E-state index contributed by atoms with van der Waals surface area (Å²) in [4.78, 5) is 31.6. The lowest BCUT2D eigenvalue weighted by atomic mass is 10.2. The van der Waals surface area contributed by atoms with Crippen molar-refractivity contribution in [3.63, 3.8) is 0 Å². The van der Waals surface area contributed by atoms with Crippen LogP contribution in [-0.4, -0.2) is 87.1 Å². The summed E-state index contributed by atoms with van der Waals surface area (Å²) in [5.41, 5.74) is 2.22. The Hall–Kier alpha value is -4.08. The zero-order valence-electron chi connectivity index (χ0n) is 19.8. The number of carbonyl (C=O) groups is 2. The fourth-order valence-corrected chi connectivity index (χ4v) is 3.21. The number of fused-ring (bicyclic) bond motifs is 1. The highest BCUT2D eigenvalue weighted by atomic mass is 19.4. The van der Waals surface area contributed by atoms with E-state index in [0.717, 1.165) is 49.9 Å². The summed E-state index contributed by atoms with van der Waals surface area (Å²) < 4.78 is 70.8. The zero-order chi connectivity index (χ0) is 28.5. The average Bonchev–Trinajstić information content (AvgIpc) is 3.33. The molecule has 1 saturated heterocycles. The van der Waals surface area contributed by atoms with E-state index in [0.29, 0.717) is 0 Å². The van der Waals surface area contributed by atoms with Crippen LogP contribution in [0.5, 0.6) is 5.75 Å². The molecule has 0 bridgehead atoms. The molecule has 0 radical (unpaired) electrons. The van der Waals surface area contributed by atoms with Crippen molar-refractivity contribution >= 4 is 23.4 Å². The van der Waals surface area contributed by atoms with Gasteiger partial charge in [-0.05, 0) is 17.7 Å². The number of aliphatic carboxylic acids is 2. The highest BCUT2D eigenvalue weighted by Gasteiger charge is 2.38. The molecule has 0 spiro atoms. The van der Waals surface area contributed by atoms with Crippen LogP contribution in [0.4, 0.5) is 32.2 Å². The minimum atomic E-state index is -5.08. The number of carboxylic acids is 2. The predicted molar refractivity (Wildman–Crippen MR) is 121 cm³/mol. The average molecular weight is 551 g/mol. The van der Waals surface area contributed by atoms with Crippen LogP contribution in [0.15, 0.2) is 49.1 Å². The molecule has 38 heavy (non-hydrogen) atoms. The second-order valence-electron chi connectivity index (χ2n) is 7.63. The SMILES string of the molecule is COc1cccc(CN2CCN(c3nccn4ccnc34)CC2)c1.O=C(O)C(F)(F)F.O=C(O)C(F)(F)F. The molecule has 4 rings (SSSR count). The molecule has 1 aliphatic rings. The van der Waals surface area contributed by atoms with Crippen molar-refractivity contribution in [2.24, 2.45) is 0 Å². The van der Waals surface area contributed by atoms with Crippen molar-refractivity contribution in [2.75, 3.05) is 38.2 Å². The number of carboxylic acid groups (broad SMARTS) is 2. The number of piperazine rings is 1. The van der Waals surface area contributed by atoms with Gasteiger partial charge in [0.15, 0.2) is 11.5 Å². The second kappa shape index (κ2) is 12.9. The molecule has 16 heteroatoms. The van der Waals surface area contributed by atoms with Gasteiger partial charge in [-0.2, -0.15) is 26.3 Å². The minimum Gasteiger partial charge on any atom is -0.497 e. The Morgan fingerprint density at radius 2 is 1.45 bits per heavy atom. The number of aromatic nitrogens is 3.